The van der Waals surface area contributed by atoms with E-state index in [-0.39, 0.29) is 17.2 Å². The van der Waals surface area contributed by atoms with Gasteiger partial charge in [-0.25, -0.2) is 0 Å². The molecule has 0 bridgehead atoms. The van der Waals surface area contributed by atoms with Gasteiger partial charge in [0.05, 0.1) is 5.56 Å². The Morgan fingerprint density at radius 1 is 1.04 bits per heavy atom. The molecular formula is C20H21F3N2O2. The van der Waals surface area contributed by atoms with Crippen LogP contribution in [-0.4, -0.2) is 30.3 Å². The van der Waals surface area contributed by atoms with Gasteiger partial charge in [0.25, 0.3) is 11.8 Å². The summed E-state index contributed by atoms with van der Waals surface area (Å²) in [4.78, 5) is 26.1. The predicted molar refractivity (Wildman–Crippen MR) is 97.7 cm³/mol. The lowest BCUT2D eigenvalue weighted by molar-refractivity contribution is -0.137. The quantitative estimate of drug-likeness (QED) is 0.783. The first-order chi connectivity index (χ1) is 12.7. The number of carbonyl (C=O) groups is 2. The number of nitrogens with zero attached hydrogens (tertiary/aromatic N) is 1. The first-order valence-corrected chi connectivity index (χ1v) is 8.56. The summed E-state index contributed by atoms with van der Waals surface area (Å²) in [6, 6.07) is 10.4. The van der Waals surface area contributed by atoms with Crippen molar-refractivity contribution in [2.45, 2.75) is 25.9 Å². The van der Waals surface area contributed by atoms with E-state index in [1.54, 1.807) is 11.9 Å². The fraction of sp³-hybridized carbons (Fsp3) is 0.300. The summed E-state index contributed by atoms with van der Waals surface area (Å²) in [7, 11) is 1.71. The Hall–Kier alpha value is -2.83. The minimum atomic E-state index is -4.48. The first kappa shape index (κ1) is 20.5. The van der Waals surface area contributed by atoms with E-state index in [1.807, 2.05) is 6.92 Å². The number of benzene rings is 2. The second-order valence-electron chi connectivity index (χ2n) is 6.19. The number of halogens is 3. The zero-order chi connectivity index (χ0) is 20.0. The van der Waals surface area contributed by atoms with Gasteiger partial charge >= 0.3 is 6.18 Å². The highest BCUT2D eigenvalue weighted by Gasteiger charge is 2.30. The van der Waals surface area contributed by atoms with E-state index in [2.05, 4.69) is 5.32 Å². The van der Waals surface area contributed by atoms with Crippen molar-refractivity contribution in [1.82, 2.24) is 4.90 Å². The normalized spacial score (nSPS) is 11.1. The maximum Gasteiger partial charge on any atom is 0.416 e. The van der Waals surface area contributed by atoms with Crippen LogP contribution in [0.15, 0.2) is 48.5 Å². The molecule has 2 amide bonds. The maximum atomic E-state index is 12.7. The van der Waals surface area contributed by atoms with Gasteiger partial charge in [0.1, 0.15) is 0 Å². The monoisotopic (exact) mass is 378 g/mol. The van der Waals surface area contributed by atoms with E-state index < -0.39 is 17.6 Å². The molecule has 0 atom stereocenters. The summed E-state index contributed by atoms with van der Waals surface area (Å²) >= 11 is 0. The molecule has 0 fully saturated rings. The number of hydrogen-bond donors (Lipinski definition) is 1. The number of carbonyl (C=O) groups excluding carboxylic acids is 2. The zero-order valence-corrected chi connectivity index (χ0v) is 15.1. The lowest BCUT2D eigenvalue weighted by Gasteiger charge is -2.16. The second-order valence-corrected chi connectivity index (χ2v) is 6.19. The van der Waals surface area contributed by atoms with Crippen molar-refractivity contribution in [2.24, 2.45) is 0 Å². The van der Waals surface area contributed by atoms with E-state index in [0.717, 1.165) is 25.0 Å². The predicted octanol–water partition coefficient (Wildman–Crippen LogP) is 4.83. The van der Waals surface area contributed by atoms with E-state index in [0.29, 0.717) is 12.1 Å². The lowest BCUT2D eigenvalue weighted by Crippen LogP contribution is -2.27. The van der Waals surface area contributed by atoms with Gasteiger partial charge in [0.15, 0.2) is 0 Å². The third-order valence-corrected chi connectivity index (χ3v) is 4.04. The summed E-state index contributed by atoms with van der Waals surface area (Å²) in [6.07, 6.45) is -2.60. The fourth-order valence-corrected chi connectivity index (χ4v) is 2.46. The third-order valence-electron chi connectivity index (χ3n) is 4.04. The molecule has 0 radical (unpaired) electrons. The molecule has 2 aromatic rings. The Morgan fingerprint density at radius 3 is 2.26 bits per heavy atom. The molecule has 4 nitrogen and oxygen atoms in total. The van der Waals surface area contributed by atoms with Crippen molar-refractivity contribution >= 4 is 17.5 Å². The minimum Gasteiger partial charge on any atom is -0.342 e. The number of alkyl halides is 3. The number of nitrogens with one attached hydrogen (secondary N) is 1. The van der Waals surface area contributed by atoms with Crippen LogP contribution in [0.1, 0.15) is 46.0 Å². The van der Waals surface area contributed by atoms with Crippen LogP contribution >= 0.6 is 0 Å². The molecule has 0 aromatic heterocycles. The average molecular weight is 378 g/mol. The van der Waals surface area contributed by atoms with Crippen molar-refractivity contribution in [1.29, 1.82) is 0 Å². The number of amides is 2. The number of hydrogen-bond acceptors (Lipinski definition) is 2. The summed E-state index contributed by atoms with van der Waals surface area (Å²) in [5.41, 5.74) is -0.0879. The Balaban J connectivity index is 2.07. The highest BCUT2D eigenvalue weighted by atomic mass is 19.4. The standard InChI is InChI=1S/C20H21F3N2O2/c1-3-4-12-25(2)19(27)15-10-8-14(9-11-15)18(26)24-17-7-5-6-16(13-17)20(21,22)23/h5-11,13H,3-4,12H2,1-2H3,(H,24,26). The van der Waals surface area contributed by atoms with Crippen molar-refractivity contribution in [3.8, 4) is 0 Å². The van der Waals surface area contributed by atoms with Crippen LogP contribution < -0.4 is 5.32 Å². The van der Waals surface area contributed by atoms with Gasteiger partial charge in [0.2, 0.25) is 0 Å². The molecule has 0 heterocycles. The van der Waals surface area contributed by atoms with Crippen LogP contribution in [0.3, 0.4) is 0 Å². The average Bonchev–Trinajstić information content (AvgIpc) is 2.65. The van der Waals surface area contributed by atoms with E-state index in [1.165, 1.54) is 36.4 Å². The molecule has 0 aliphatic carbocycles. The van der Waals surface area contributed by atoms with Crippen molar-refractivity contribution in [2.75, 3.05) is 18.9 Å². The fourth-order valence-electron chi connectivity index (χ4n) is 2.46. The highest BCUT2D eigenvalue weighted by Crippen LogP contribution is 2.30. The highest BCUT2D eigenvalue weighted by molar-refractivity contribution is 6.05. The zero-order valence-electron chi connectivity index (χ0n) is 15.1. The number of unbranched alkanes of at least 4 members (excludes halogenated alkanes) is 1. The molecule has 0 saturated heterocycles. The molecule has 2 rings (SSSR count). The number of rotatable bonds is 6. The molecule has 0 spiro atoms. The van der Waals surface area contributed by atoms with Crippen LogP contribution in [0.5, 0.6) is 0 Å². The Kier molecular flexibility index (Phi) is 6.60. The maximum absolute atomic E-state index is 12.7. The van der Waals surface area contributed by atoms with Crippen LogP contribution in [-0.2, 0) is 6.18 Å². The van der Waals surface area contributed by atoms with Gasteiger partial charge in [-0.1, -0.05) is 19.4 Å². The van der Waals surface area contributed by atoms with Crippen molar-refractivity contribution in [3.63, 3.8) is 0 Å². The van der Waals surface area contributed by atoms with Crippen molar-refractivity contribution in [3.05, 3.63) is 65.2 Å². The molecule has 0 unspecified atom stereocenters. The molecular weight excluding hydrogens is 357 g/mol. The van der Waals surface area contributed by atoms with Gasteiger partial charge in [-0.05, 0) is 48.9 Å². The topological polar surface area (TPSA) is 49.4 Å². The SMILES string of the molecule is CCCCN(C)C(=O)c1ccc(C(=O)Nc2cccc(C(F)(F)F)c2)cc1. The van der Waals surface area contributed by atoms with Gasteiger partial charge in [-0.3, -0.25) is 9.59 Å². The molecule has 2 aromatic carbocycles. The van der Waals surface area contributed by atoms with Gasteiger partial charge in [0, 0.05) is 30.4 Å². The molecule has 7 heteroatoms. The van der Waals surface area contributed by atoms with E-state index in [4.69, 9.17) is 0 Å². The molecule has 0 aliphatic heterocycles. The van der Waals surface area contributed by atoms with Crippen LogP contribution in [0.2, 0.25) is 0 Å². The van der Waals surface area contributed by atoms with Crippen LogP contribution in [0.4, 0.5) is 18.9 Å². The summed E-state index contributed by atoms with van der Waals surface area (Å²) in [5.74, 6) is -0.694. The molecule has 27 heavy (non-hydrogen) atoms. The molecule has 0 saturated carbocycles. The van der Waals surface area contributed by atoms with Gasteiger partial charge in [-0.15, -0.1) is 0 Å². The van der Waals surface area contributed by atoms with Gasteiger partial charge < -0.3 is 10.2 Å². The smallest absolute Gasteiger partial charge is 0.342 e. The Bertz CT molecular complexity index is 802. The first-order valence-electron chi connectivity index (χ1n) is 8.56. The van der Waals surface area contributed by atoms with E-state index in [9.17, 15) is 22.8 Å². The molecule has 1 N–H and O–H groups in total. The van der Waals surface area contributed by atoms with Crippen LogP contribution in [0, 0.1) is 0 Å². The van der Waals surface area contributed by atoms with Crippen molar-refractivity contribution < 1.29 is 22.8 Å². The molecule has 144 valence electrons. The summed E-state index contributed by atoms with van der Waals surface area (Å²) < 4.78 is 38.2. The lowest BCUT2D eigenvalue weighted by atomic mass is 10.1. The summed E-state index contributed by atoms with van der Waals surface area (Å²) in [5, 5.41) is 2.44. The summed E-state index contributed by atoms with van der Waals surface area (Å²) in [6.45, 7) is 2.68. The second kappa shape index (κ2) is 8.70. The number of anilines is 1. The van der Waals surface area contributed by atoms with Gasteiger partial charge in [-0.2, -0.15) is 13.2 Å². The Labute approximate surface area is 156 Å². The molecule has 0 aliphatic rings. The third kappa shape index (κ3) is 5.57. The van der Waals surface area contributed by atoms with E-state index >= 15 is 0 Å². The Morgan fingerprint density at radius 2 is 1.67 bits per heavy atom. The largest absolute Gasteiger partial charge is 0.416 e. The minimum absolute atomic E-state index is 0.0503. The van der Waals surface area contributed by atoms with Crippen LogP contribution in [0.25, 0.3) is 0 Å².